The molecular weight excluding hydrogens is 244 g/mol. The van der Waals surface area contributed by atoms with Gasteiger partial charge in [-0.3, -0.25) is 0 Å². The number of aliphatic hydroxyl groups is 1. The molecule has 0 bridgehead atoms. The topological polar surface area (TPSA) is 38.0 Å². The minimum atomic E-state index is 0.306. The summed E-state index contributed by atoms with van der Waals surface area (Å²) in [6.45, 7) is 1.34. The molecule has 1 saturated heterocycles. The molecule has 2 unspecified atom stereocenters. The molecule has 0 aromatic carbocycles. The number of aromatic nitrogens is 2. The van der Waals surface area contributed by atoms with E-state index in [0.29, 0.717) is 12.5 Å². The van der Waals surface area contributed by atoms with Gasteiger partial charge in [0.05, 0.1) is 5.69 Å². The number of nitrogens with zero attached hydrogens (tertiary/aromatic N) is 2. The summed E-state index contributed by atoms with van der Waals surface area (Å²) in [7, 11) is 0. The summed E-state index contributed by atoms with van der Waals surface area (Å²) in [5, 5.41) is 10.0. The maximum atomic E-state index is 9.24. The van der Waals surface area contributed by atoms with Gasteiger partial charge >= 0.3 is 0 Å². The van der Waals surface area contributed by atoms with Crippen molar-refractivity contribution in [3.05, 3.63) is 17.7 Å². The Bertz CT molecular complexity index is 398. The van der Waals surface area contributed by atoms with Gasteiger partial charge < -0.3 is 9.67 Å². The minimum Gasteiger partial charge on any atom is -0.396 e. The zero-order chi connectivity index (χ0) is 12.4. The quantitative estimate of drug-likeness (QED) is 0.912. The smallest absolute Gasteiger partial charge is 0.109 e. The Morgan fingerprint density at radius 2 is 2.33 bits per heavy atom. The molecule has 0 amide bonds. The van der Waals surface area contributed by atoms with Gasteiger partial charge in [-0.05, 0) is 30.9 Å². The molecule has 3 heterocycles. The summed E-state index contributed by atoms with van der Waals surface area (Å²) >= 11 is 2.12. The summed E-state index contributed by atoms with van der Waals surface area (Å²) in [6, 6.07) is 0. The molecule has 1 aromatic heterocycles. The molecule has 3 nitrogen and oxygen atoms in total. The highest BCUT2D eigenvalue weighted by molar-refractivity contribution is 7.99. The van der Waals surface area contributed by atoms with Crippen LogP contribution in [0.5, 0.6) is 0 Å². The van der Waals surface area contributed by atoms with Crippen LogP contribution in [0.1, 0.15) is 37.2 Å². The fourth-order valence-corrected chi connectivity index (χ4v) is 4.33. The molecule has 100 valence electrons. The molecule has 2 atom stereocenters. The van der Waals surface area contributed by atoms with Crippen molar-refractivity contribution in [2.75, 3.05) is 12.4 Å². The Balaban J connectivity index is 1.65. The minimum absolute atomic E-state index is 0.306. The van der Waals surface area contributed by atoms with E-state index in [1.165, 1.54) is 36.5 Å². The van der Waals surface area contributed by atoms with Crippen LogP contribution in [0.2, 0.25) is 0 Å². The third kappa shape index (κ3) is 2.75. The zero-order valence-corrected chi connectivity index (χ0v) is 11.7. The average molecular weight is 266 g/mol. The van der Waals surface area contributed by atoms with Crippen LogP contribution in [0.25, 0.3) is 0 Å². The summed E-state index contributed by atoms with van der Waals surface area (Å²) in [6.07, 6.45) is 9.56. The first kappa shape index (κ1) is 12.5. The Labute approximate surface area is 113 Å². The molecule has 3 rings (SSSR count). The van der Waals surface area contributed by atoms with Crippen molar-refractivity contribution in [2.24, 2.45) is 5.92 Å². The molecule has 1 fully saturated rings. The third-order valence-electron chi connectivity index (χ3n) is 4.13. The van der Waals surface area contributed by atoms with Crippen LogP contribution in [0.4, 0.5) is 0 Å². The molecule has 0 aliphatic carbocycles. The first-order valence-corrected chi connectivity index (χ1v) is 8.17. The van der Waals surface area contributed by atoms with E-state index in [0.717, 1.165) is 31.1 Å². The van der Waals surface area contributed by atoms with Crippen LogP contribution in [0.3, 0.4) is 0 Å². The average Bonchev–Trinajstić information content (AvgIpc) is 2.80. The number of fused-ring (bicyclic) bond motifs is 1. The molecule has 1 aromatic rings. The summed E-state index contributed by atoms with van der Waals surface area (Å²) in [5.41, 5.74) is 1.27. The van der Waals surface area contributed by atoms with Gasteiger partial charge in [0, 0.05) is 37.4 Å². The lowest BCUT2D eigenvalue weighted by Crippen LogP contribution is -2.21. The maximum Gasteiger partial charge on any atom is 0.109 e. The molecule has 2 aliphatic rings. The predicted octanol–water partition coefficient (Wildman–Crippen LogP) is 2.27. The largest absolute Gasteiger partial charge is 0.396 e. The lowest BCUT2D eigenvalue weighted by atomic mass is 9.99. The number of imidazole rings is 1. The van der Waals surface area contributed by atoms with Crippen molar-refractivity contribution in [3.63, 3.8) is 0 Å². The van der Waals surface area contributed by atoms with E-state index >= 15 is 0 Å². The zero-order valence-electron chi connectivity index (χ0n) is 10.8. The van der Waals surface area contributed by atoms with E-state index in [2.05, 4.69) is 22.5 Å². The van der Waals surface area contributed by atoms with E-state index in [-0.39, 0.29) is 0 Å². The number of aryl methyl sites for hydroxylation is 1. The van der Waals surface area contributed by atoms with Crippen molar-refractivity contribution < 1.29 is 5.11 Å². The Kier molecular flexibility index (Phi) is 3.94. The molecule has 0 spiro atoms. The van der Waals surface area contributed by atoms with E-state index in [1.807, 2.05) is 0 Å². The number of hydrogen-bond donors (Lipinski definition) is 1. The number of rotatable bonds is 3. The third-order valence-corrected chi connectivity index (χ3v) is 5.53. The van der Waals surface area contributed by atoms with Crippen LogP contribution in [0, 0.1) is 5.92 Å². The van der Waals surface area contributed by atoms with Gasteiger partial charge in [-0.2, -0.15) is 11.8 Å². The predicted molar refractivity (Wildman–Crippen MR) is 74.9 cm³/mol. The van der Waals surface area contributed by atoms with Crippen LogP contribution in [0.15, 0.2) is 6.20 Å². The van der Waals surface area contributed by atoms with Crippen molar-refractivity contribution >= 4 is 11.8 Å². The lowest BCUT2D eigenvalue weighted by molar-refractivity contribution is 0.199. The highest BCUT2D eigenvalue weighted by atomic mass is 32.2. The van der Waals surface area contributed by atoms with Gasteiger partial charge in [0.2, 0.25) is 0 Å². The van der Waals surface area contributed by atoms with Gasteiger partial charge in [0.1, 0.15) is 5.82 Å². The molecule has 2 aliphatic heterocycles. The molecule has 1 N–H and O–H groups in total. The second-order valence-electron chi connectivity index (χ2n) is 5.58. The second kappa shape index (κ2) is 5.66. The first-order chi connectivity index (χ1) is 8.85. The summed E-state index contributed by atoms with van der Waals surface area (Å²) in [4.78, 5) is 4.78. The number of thioether (sulfide) groups is 1. The highest BCUT2D eigenvalue weighted by Crippen LogP contribution is 2.28. The highest BCUT2D eigenvalue weighted by Gasteiger charge is 2.22. The molecule has 0 saturated carbocycles. The Morgan fingerprint density at radius 3 is 3.11 bits per heavy atom. The van der Waals surface area contributed by atoms with E-state index in [4.69, 9.17) is 4.98 Å². The number of hydrogen-bond acceptors (Lipinski definition) is 3. The van der Waals surface area contributed by atoms with Gasteiger partial charge in [0.15, 0.2) is 0 Å². The van der Waals surface area contributed by atoms with Crippen LogP contribution in [-0.2, 0) is 19.4 Å². The summed E-state index contributed by atoms with van der Waals surface area (Å²) < 4.78 is 2.30. The molecule has 18 heavy (non-hydrogen) atoms. The van der Waals surface area contributed by atoms with Crippen LogP contribution in [-0.4, -0.2) is 32.3 Å². The maximum absolute atomic E-state index is 9.24. The van der Waals surface area contributed by atoms with E-state index in [1.54, 1.807) is 0 Å². The Morgan fingerprint density at radius 1 is 1.39 bits per heavy atom. The van der Waals surface area contributed by atoms with Gasteiger partial charge in [-0.1, -0.05) is 6.42 Å². The van der Waals surface area contributed by atoms with Gasteiger partial charge in [-0.15, -0.1) is 0 Å². The van der Waals surface area contributed by atoms with E-state index < -0.39 is 0 Å². The molecular formula is C14H22N2OS. The van der Waals surface area contributed by atoms with Gasteiger partial charge in [-0.25, -0.2) is 4.98 Å². The van der Waals surface area contributed by atoms with Gasteiger partial charge in [0.25, 0.3) is 0 Å². The van der Waals surface area contributed by atoms with E-state index in [9.17, 15) is 5.11 Å². The standard InChI is InChI=1S/C14H22N2OS/c17-10-11-4-5-16-9-12(15-14(16)7-11)8-13-3-1-2-6-18-13/h9,11,13,17H,1-8,10H2. The van der Waals surface area contributed by atoms with Crippen LogP contribution < -0.4 is 0 Å². The fraction of sp³-hybridized carbons (Fsp3) is 0.786. The van der Waals surface area contributed by atoms with Crippen molar-refractivity contribution in [2.45, 2.75) is 50.3 Å². The van der Waals surface area contributed by atoms with Crippen LogP contribution >= 0.6 is 11.8 Å². The number of aliphatic hydroxyl groups excluding tert-OH is 1. The monoisotopic (exact) mass is 266 g/mol. The fourth-order valence-electron chi connectivity index (χ4n) is 3.01. The molecule has 4 heteroatoms. The molecule has 0 radical (unpaired) electrons. The normalized spacial score (nSPS) is 28.1. The lowest BCUT2D eigenvalue weighted by Gasteiger charge is -2.20. The summed E-state index contributed by atoms with van der Waals surface area (Å²) in [5.74, 6) is 2.94. The SMILES string of the molecule is OCC1CCn2cc(CC3CCCCS3)nc2C1. The van der Waals surface area contributed by atoms with Crippen molar-refractivity contribution in [1.29, 1.82) is 0 Å². The second-order valence-corrected chi connectivity index (χ2v) is 6.98. The van der Waals surface area contributed by atoms with Crippen molar-refractivity contribution in [3.8, 4) is 0 Å². The Hall–Kier alpha value is -0.480. The first-order valence-electron chi connectivity index (χ1n) is 7.12. The van der Waals surface area contributed by atoms with Crippen molar-refractivity contribution in [1.82, 2.24) is 9.55 Å².